The Balaban J connectivity index is 1.49. The molecule has 2 fully saturated rings. The van der Waals surface area contributed by atoms with Crippen LogP contribution in [0.15, 0.2) is 18.2 Å². The highest BCUT2D eigenvalue weighted by atomic mass is 19.1. The molecule has 1 aromatic rings. The van der Waals surface area contributed by atoms with Crippen molar-refractivity contribution >= 4 is 23.6 Å². The molecule has 3 rings (SSSR count). The van der Waals surface area contributed by atoms with Gasteiger partial charge in [-0.2, -0.15) is 0 Å². The Kier molecular flexibility index (Phi) is 7.12. The molecule has 9 heteroatoms. The van der Waals surface area contributed by atoms with Crippen molar-refractivity contribution in [2.45, 2.75) is 32.8 Å². The van der Waals surface area contributed by atoms with Crippen LogP contribution in [-0.2, 0) is 20.9 Å². The summed E-state index contributed by atoms with van der Waals surface area (Å²) in [6.07, 6.45) is 1.33. The lowest BCUT2D eigenvalue weighted by atomic mass is 9.79. The van der Waals surface area contributed by atoms with Gasteiger partial charge in [-0.25, -0.2) is 9.18 Å². The Labute approximate surface area is 175 Å². The van der Waals surface area contributed by atoms with Crippen molar-refractivity contribution in [2.75, 3.05) is 37.7 Å². The number of carbonyl (C=O) groups is 2. The molecule has 3 N–H and O–H groups in total. The third-order valence-corrected chi connectivity index (χ3v) is 5.76. The highest BCUT2D eigenvalue weighted by molar-refractivity contribution is 5.94. The number of rotatable bonds is 7. The van der Waals surface area contributed by atoms with E-state index in [-0.39, 0.29) is 30.8 Å². The highest BCUT2D eigenvalue weighted by Gasteiger charge is 2.37. The minimum Gasteiger partial charge on any atom is -0.460 e. The Bertz CT molecular complexity index is 789. The lowest BCUT2D eigenvalue weighted by Crippen LogP contribution is -2.53. The summed E-state index contributed by atoms with van der Waals surface area (Å²) in [5.74, 6) is -0.320. The smallest absolute Gasteiger partial charge is 0.409 e. The van der Waals surface area contributed by atoms with Gasteiger partial charge in [0, 0.05) is 31.7 Å². The first-order valence-electron chi connectivity index (χ1n) is 10.3. The maximum absolute atomic E-state index is 14.9. The second-order valence-electron chi connectivity index (χ2n) is 7.80. The van der Waals surface area contributed by atoms with Crippen molar-refractivity contribution in [3.8, 4) is 0 Å². The zero-order valence-electron chi connectivity index (χ0n) is 17.2. The van der Waals surface area contributed by atoms with Crippen LogP contribution in [0.2, 0.25) is 0 Å². The number of piperidine rings is 1. The number of carbonyl (C=O) groups excluding carboxylic acids is 2. The number of halogens is 1. The summed E-state index contributed by atoms with van der Waals surface area (Å²) in [6, 6.07) is 5.07. The van der Waals surface area contributed by atoms with Crippen LogP contribution in [0, 0.1) is 23.1 Å². The fourth-order valence-corrected chi connectivity index (χ4v) is 4.06. The summed E-state index contributed by atoms with van der Waals surface area (Å²) in [6.45, 7) is 4.96. The van der Waals surface area contributed by atoms with Crippen LogP contribution in [0.4, 0.5) is 14.9 Å². The van der Waals surface area contributed by atoms with Gasteiger partial charge in [-0.15, -0.1) is 0 Å². The molecular formula is C21H29FN4O4. The summed E-state index contributed by atoms with van der Waals surface area (Å²) in [5.41, 5.74) is 5.98. The van der Waals surface area contributed by atoms with Crippen LogP contribution < -0.4 is 10.6 Å². The van der Waals surface area contributed by atoms with Gasteiger partial charge in [-0.1, -0.05) is 12.1 Å². The Morgan fingerprint density at radius 3 is 2.53 bits per heavy atom. The molecule has 0 aromatic heterocycles. The van der Waals surface area contributed by atoms with E-state index in [0.29, 0.717) is 42.8 Å². The fraction of sp³-hybridized carbons (Fsp3) is 0.571. The third-order valence-electron chi connectivity index (χ3n) is 5.76. The van der Waals surface area contributed by atoms with Crippen LogP contribution in [0.1, 0.15) is 31.7 Å². The van der Waals surface area contributed by atoms with Gasteiger partial charge >= 0.3 is 12.1 Å². The minimum atomic E-state index is -0.648. The molecule has 1 aromatic carbocycles. The number of likely N-dealkylation sites (tertiary alicyclic amines) is 1. The van der Waals surface area contributed by atoms with Gasteiger partial charge in [-0.3, -0.25) is 10.2 Å². The first kappa shape index (κ1) is 21.9. The highest BCUT2D eigenvalue weighted by Crippen LogP contribution is 2.36. The molecule has 164 valence electrons. The average molecular weight is 420 g/mol. The maximum atomic E-state index is 14.9. The summed E-state index contributed by atoms with van der Waals surface area (Å²) in [4.78, 5) is 27.1. The molecule has 30 heavy (non-hydrogen) atoms. The van der Waals surface area contributed by atoms with E-state index in [1.807, 2.05) is 4.90 Å². The number of hydrogen-bond acceptors (Lipinski definition) is 6. The lowest BCUT2D eigenvalue weighted by Gasteiger charge is -2.47. The number of nitrogens with zero attached hydrogens (tertiary/aromatic N) is 2. The Hall–Kier alpha value is -2.84. The standard InChI is InChI=1S/C21H29FN4O4/c1-2-29-21(28)25-8-6-14(7-9-25)16-11-26(12-16)17-5-3-4-15(20(17)22)13-30-19(27)10-18(23)24/h3-5,14,16H,2,6-13H2,1H3,(H3,23,24). The average Bonchev–Trinajstić information content (AvgIpc) is 2.67. The number of benzene rings is 1. The van der Waals surface area contributed by atoms with Crippen LogP contribution >= 0.6 is 0 Å². The van der Waals surface area contributed by atoms with E-state index in [4.69, 9.17) is 20.6 Å². The monoisotopic (exact) mass is 420 g/mol. The van der Waals surface area contributed by atoms with Crippen molar-refractivity contribution < 1.29 is 23.5 Å². The van der Waals surface area contributed by atoms with Gasteiger partial charge in [0.05, 0.1) is 12.3 Å². The Morgan fingerprint density at radius 1 is 1.20 bits per heavy atom. The molecule has 0 spiro atoms. The number of ether oxygens (including phenoxy) is 2. The molecule has 1 amide bonds. The van der Waals surface area contributed by atoms with Gasteiger partial charge in [0.15, 0.2) is 5.82 Å². The van der Waals surface area contributed by atoms with Crippen molar-refractivity contribution in [3.05, 3.63) is 29.6 Å². The molecule has 0 unspecified atom stereocenters. The van der Waals surface area contributed by atoms with Crippen molar-refractivity contribution in [1.29, 1.82) is 5.41 Å². The van der Waals surface area contributed by atoms with E-state index < -0.39 is 5.97 Å². The van der Waals surface area contributed by atoms with Crippen molar-refractivity contribution in [2.24, 2.45) is 17.6 Å². The second-order valence-corrected chi connectivity index (χ2v) is 7.80. The number of amidine groups is 1. The fourth-order valence-electron chi connectivity index (χ4n) is 4.06. The van der Waals surface area contributed by atoms with Gasteiger partial charge in [0.1, 0.15) is 18.9 Å². The molecular weight excluding hydrogens is 391 g/mol. The first-order valence-corrected chi connectivity index (χ1v) is 10.3. The number of amides is 1. The van der Waals surface area contributed by atoms with Crippen LogP contribution in [0.25, 0.3) is 0 Å². The topological polar surface area (TPSA) is 109 Å². The number of anilines is 1. The quantitative estimate of drug-likeness (QED) is 0.399. The van der Waals surface area contributed by atoms with Crippen LogP contribution in [-0.4, -0.2) is 55.6 Å². The number of nitrogens with two attached hydrogens (primary N) is 1. The lowest BCUT2D eigenvalue weighted by molar-refractivity contribution is -0.143. The predicted molar refractivity (Wildman–Crippen MR) is 110 cm³/mol. The van der Waals surface area contributed by atoms with Crippen LogP contribution in [0.5, 0.6) is 0 Å². The largest absolute Gasteiger partial charge is 0.460 e. The zero-order chi connectivity index (χ0) is 21.7. The molecule has 0 bridgehead atoms. The van der Waals surface area contributed by atoms with Gasteiger partial charge in [-0.05, 0) is 37.7 Å². The van der Waals surface area contributed by atoms with Gasteiger partial charge < -0.3 is 25.0 Å². The summed E-state index contributed by atoms with van der Waals surface area (Å²) >= 11 is 0. The molecule has 0 radical (unpaired) electrons. The SMILES string of the molecule is CCOC(=O)N1CCC(C2CN(c3cccc(COC(=O)CC(=N)N)c3F)C2)CC1. The van der Waals surface area contributed by atoms with Gasteiger partial charge in [0.2, 0.25) is 0 Å². The molecule has 0 saturated carbocycles. The normalized spacial score (nSPS) is 17.4. The maximum Gasteiger partial charge on any atom is 0.409 e. The van der Waals surface area contributed by atoms with E-state index >= 15 is 0 Å². The summed E-state index contributed by atoms with van der Waals surface area (Å²) < 4.78 is 24.9. The van der Waals surface area contributed by atoms with E-state index in [1.165, 1.54) is 0 Å². The number of nitrogens with one attached hydrogen (secondary N) is 1. The van der Waals surface area contributed by atoms with E-state index in [9.17, 15) is 14.0 Å². The molecule has 2 aliphatic heterocycles. The predicted octanol–water partition coefficient (Wildman–Crippen LogP) is 2.50. The molecule has 8 nitrogen and oxygen atoms in total. The molecule has 0 atom stereocenters. The molecule has 2 saturated heterocycles. The van der Waals surface area contributed by atoms with E-state index in [0.717, 1.165) is 25.9 Å². The second kappa shape index (κ2) is 9.77. The summed E-state index contributed by atoms with van der Waals surface area (Å²) in [7, 11) is 0. The third kappa shape index (κ3) is 5.20. The van der Waals surface area contributed by atoms with E-state index in [1.54, 1.807) is 30.0 Å². The molecule has 0 aliphatic carbocycles. The summed E-state index contributed by atoms with van der Waals surface area (Å²) in [5, 5.41) is 7.10. The molecule has 2 heterocycles. The molecule has 2 aliphatic rings. The van der Waals surface area contributed by atoms with Crippen molar-refractivity contribution in [1.82, 2.24) is 4.90 Å². The first-order chi connectivity index (χ1) is 14.4. The van der Waals surface area contributed by atoms with Crippen LogP contribution in [0.3, 0.4) is 0 Å². The van der Waals surface area contributed by atoms with Gasteiger partial charge in [0.25, 0.3) is 0 Å². The Morgan fingerprint density at radius 2 is 1.90 bits per heavy atom. The number of hydrogen-bond donors (Lipinski definition) is 2. The minimum absolute atomic E-state index is 0.185. The van der Waals surface area contributed by atoms with E-state index in [2.05, 4.69) is 0 Å². The van der Waals surface area contributed by atoms with Crippen molar-refractivity contribution in [3.63, 3.8) is 0 Å². The number of esters is 1. The zero-order valence-corrected chi connectivity index (χ0v) is 17.2.